The molecule has 0 saturated carbocycles. The quantitative estimate of drug-likeness (QED) is 0.504. The van der Waals surface area contributed by atoms with Gasteiger partial charge >= 0.3 is 5.97 Å². The molecule has 0 spiro atoms. The van der Waals surface area contributed by atoms with E-state index in [1.54, 1.807) is 18.3 Å². The highest BCUT2D eigenvalue weighted by Crippen LogP contribution is 2.30. The largest absolute Gasteiger partial charge is 0.465 e. The average Bonchev–Trinajstić information content (AvgIpc) is 2.72. The van der Waals surface area contributed by atoms with Crippen LogP contribution in [0.1, 0.15) is 49.5 Å². The van der Waals surface area contributed by atoms with Gasteiger partial charge in [-0.15, -0.1) is 0 Å². The van der Waals surface area contributed by atoms with Crippen LogP contribution in [-0.4, -0.2) is 24.0 Å². The minimum atomic E-state index is -0.346. The number of hydrogen-bond donors (Lipinski definition) is 1. The van der Waals surface area contributed by atoms with Gasteiger partial charge in [-0.05, 0) is 54.0 Å². The number of pyridine rings is 1. The summed E-state index contributed by atoms with van der Waals surface area (Å²) in [7, 11) is 1.37. The molecule has 162 valence electrons. The van der Waals surface area contributed by atoms with E-state index in [-0.39, 0.29) is 23.2 Å². The van der Waals surface area contributed by atoms with Gasteiger partial charge in [0, 0.05) is 18.0 Å². The molecule has 5 heteroatoms. The number of methoxy groups -OCH3 is 1. The summed E-state index contributed by atoms with van der Waals surface area (Å²) in [6.45, 7) is 6.56. The smallest absolute Gasteiger partial charge is 0.337 e. The normalized spacial score (nSPS) is 12.4. The van der Waals surface area contributed by atoms with Crippen LogP contribution < -0.4 is 5.32 Å². The van der Waals surface area contributed by atoms with Gasteiger partial charge in [-0.3, -0.25) is 9.78 Å². The average molecular weight is 419 g/mol. The number of para-hydroxylation sites is 1. The van der Waals surface area contributed by atoms with Gasteiger partial charge in [-0.25, -0.2) is 4.79 Å². The molecule has 1 amide bonds. The fraction of sp³-hybridized carbons (Fsp3) is 0.346. The summed E-state index contributed by atoms with van der Waals surface area (Å²) in [5.74, 6) is -0.189. The highest BCUT2D eigenvalue weighted by atomic mass is 16.5. The number of nitrogens with one attached hydrogen (secondary N) is 1. The molecule has 1 heterocycles. The molecule has 0 saturated heterocycles. The molecule has 1 atom stereocenters. The van der Waals surface area contributed by atoms with Crippen molar-refractivity contribution in [3.05, 3.63) is 71.9 Å². The van der Waals surface area contributed by atoms with Crippen molar-refractivity contribution in [3.63, 3.8) is 0 Å². The van der Waals surface area contributed by atoms with E-state index in [0.29, 0.717) is 12.0 Å². The second kappa shape index (κ2) is 9.73. The zero-order valence-corrected chi connectivity index (χ0v) is 18.6. The highest BCUT2D eigenvalue weighted by molar-refractivity contribution is 6.00. The first-order valence-electron chi connectivity index (χ1n) is 10.6. The van der Waals surface area contributed by atoms with E-state index >= 15 is 0 Å². The number of amides is 1. The summed E-state index contributed by atoms with van der Waals surface area (Å²) >= 11 is 0. The van der Waals surface area contributed by atoms with Gasteiger partial charge in [0.2, 0.25) is 5.91 Å². The molecule has 1 unspecified atom stereocenters. The minimum absolute atomic E-state index is 0.0152. The van der Waals surface area contributed by atoms with Crippen molar-refractivity contribution >= 4 is 28.5 Å². The molecule has 0 aliphatic carbocycles. The van der Waals surface area contributed by atoms with Gasteiger partial charge < -0.3 is 10.1 Å². The van der Waals surface area contributed by atoms with Crippen LogP contribution in [0.15, 0.2) is 60.8 Å². The summed E-state index contributed by atoms with van der Waals surface area (Å²) < 4.78 is 4.77. The van der Waals surface area contributed by atoms with E-state index in [1.807, 2.05) is 42.5 Å². The number of fused-ring (bicyclic) bond motifs is 1. The maximum atomic E-state index is 12.9. The summed E-state index contributed by atoms with van der Waals surface area (Å²) in [6.07, 6.45) is 3.82. The van der Waals surface area contributed by atoms with E-state index in [2.05, 4.69) is 31.1 Å². The Morgan fingerprint density at radius 2 is 1.74 bits per heavy atom. The third kappa shape index (κ3) is 6.38. The Kier molecular flexibility index (Phi) is 7.06. The molecule has 1 aromatic heterocycles. The lowest BCUT2D eigenvalue weighted by atomic mass is 9.80. The molecule has 0 bridgehead atoms. The fourth-order valence-electron chi connectivity index (χ4n) is 3.98. The lowest BCUT2D eigenvalue weighted by molar-refractivity contribution is -0.117. The van der Waals surface area contributed by atoms with E-state index in [9.17, 15) is 9.59 Å². The predicted molar refractivity (Wildman–Crippen MR) is 124 cm³/mol. The Balaban J connectivity index is 1.73. The zero-order valence-electron chi connectivity index (χ0n) is 18.6. The van der Waals surface area contributed by atoms with Crippen LogP contribution >= 0.6 is 0 Å². The molecule has 3 rings (SSSR count). The number of benzene rings is 2. The Bertz CT molecular complexity index is 1050. The van der Waals surface area contributed by atoms with Crippen molar-refractivity contribution in [2.45, 2.75) is 40.0 Å². The Labute approximate surface area is 183 Å². The number of aromatic nitrogens is 1. The number of carbonyl (C=O) groups excluding carboxylic acids is 2. The van der Waals surface area contributed by atoms with Gasteiger partial charge in [0.05, 0.1) is 23.9 Å². The molecule has 0 aliphatic rings. The van der Waals surface area contributed by atoms with E-state index in [4.69, 9.17) is 4.74 Å². The maximum absolute atomic E-state index is 12.9. The van der Waals surface area contributed by atoms with Crippen LogP contribution in [0.4, 0.5) is 5.69 Å². The fourth-order valence-corrected chi connectivity index (χ4v) is 3.98. The summed E-state index contributed by atoms with van der Waals surface area (Å²) in [5.41, 5.74) is 3.25. The molecule has 0 aliphatic heterocycles. The lowest BCUT2D eigenvalue weighted by Gasteiger charge is -2.26. The second-order valence-corrected chi connectivity index (χ2v) is 9.16. The summed E-state index contributed by atoms with van der Waals surface area (Å²) in [6, 6.07) is 17.1. The highest BCUT2D eigenvalue weighted by Gasteiger charge is 2.22. The number of hydrogen-bond acceptors (Lipinski definition) is 4. The third-order valence-electron chi connectivity index (χ3n) is 5.18. The van der Waals surface area contributed by atoms with E-state index < -0.39 is 0 Å². The van der Waals surface area contributed by atoms with Crippen molar-refractivity contribution in [2.75, 3.05) is 12.4 Å². The standard InChI is InChI=1S/C26H30N2O3/c1-26(2,3)17-19(15-18-10-12-21(13-11-18)25(30)31-4)16-23(29)28-22-9-5-7-20-8-6-14-27-24(20)22/h5-14,19H,15-17H2,1-4H3,(H,28,29). The van der Waals surface area contributed by atoms with Gasteiger partial charge in [0.1, 0.15) is 0 Å². The van der Waals surface area contributed by atoms with Crippen LogP contribution in [0.2, 0.25) is 0 Å². The number of carbonyl (C=O) groups is 2. The molecule has 5 nitrogen and oxygen atoms in total. The van der Waals surface area contributed by atoms with E-state index in [0.717, 1.165) is 35.0 Å². The SMILES string of the molecule is COC(=O)c1ccc(CC(CC(=O)Nc2cccc3cccnc23)CC(C)(C)C)cc1. The van der Waals surface area contributed by atoms with Crippen LogP contribution in [0.3, 0.4) is 0 Å². The van der Waals surface area contributed by atoms with Gasteiger partial charge in [0.25, 0.3) is 0 Å². The van der Waals surface area contributed by atoms with Crippen LogP contribution in [-0.2, 0) is 16.0 Å². The molecular weight excluding hydrogens is 388 g/mol. The monoisotopic (exact) mass is 418 g/mol. The van der Waals surface area contributed by atoms with Gasteiger partial charge in [-0.2, -0.15) is 0 Å². The number of rotatable bonds is 7. The predicted octanol–water partition coefficient (Wildman–Crippen LogP) is 5.65. The molecule has 2 aromatic carbocycles. The van der Waals surface area contributed by atoms with Crippen LogP contribution in [0, 0.1) is 11.3 Å². The molecular formula is C26H30N2O3. The Morgan fingerprint density at radius 3 is 2.42 bits per heavy atom. The first-order chi connectivity index (χ1) is 14.7. The number of nitrogens with zero attached hydrogens (tertiary/aromatic N) is 1. The van der Waals surface area contributed by atoms with Crippen LogP contribution in [0.5, 0.6) is 0 Å². The van der Waals surface area contributed by atoms with Crippen molar-refractivity contribution < 1.29 is 14.3 Å². The zero-order chi connectivity index (χ0) is 22.4. The van der Waals surface area contributed by atoms with Gasteiger partial charge in [0.15, 0.2) is 0 Å². The van der Waals surface area contributed by atoms with Crippen molar-refractivity contribution in [1.29, 1.82) is 0 Å². The first-order valence-corrected chi connectivity index (χ1v) is 10.6. The Morgan fingerprint density at radius 1 is 1.03 bits per heavy atom. The maximum Gasteiger partial charge on any atom is 0.337 e. The van der Waals surface area contributed by atoms with Crippen molar-refractivity contribution in [2.24, 2.45) is 11.3 Å². The lowest BCUT2D eigenvalue weighted by Crippen LogP contribution is -2.22. The third-order valence-corrected chi connectivity index (χ3v) is 5.18. The van der Waals surface area contributed by atoms with Crippen molar-refractivity contribution in [1.82, 2.24) is 4.98 Å². The summed E-state index contributed by atoms with van der Waals surface area (Å²) in [5, 5.41) is 4.05. The minimum Gasteiger partial charge on any atom is -0.465 e. The molecule has 0 fully saturated rings. The topological polar surface area (TPSA) is 68.3 Å². The molecule has 0 radical (unpaired) electrons. The number of anilines is 1. The number of esters is 1. The second-order valence-electron chi connectivity index (χ2n) is 9.16. The van der Waals surface area contributed by atoms with Crippen molar-refractivity contribution in [3.8, 4) is 0 Å². The molecule has 31 heavy (non-hydrogen) atoms. The number of ether oxygens (including phenoxy) is 1. The first kappa shape index (κ1) is 22.5. The molecule has 1 N–H and O–H groups in total. The van der Waals surface area contributed by atoms with E-state index in [1.165, 1.54) is 7.11 Å². The van der Waals surface area contributed by atoms with Gasteiger partial charge in [-0.1, -0.05) is 51.1 Å². The van der Waals surface area contributed by atoms with Crippen LogP contribution in [0.25, 0.3) is 10.9 Å². The molecule has 3 aromatic rings. The Hall–Kier alpha value is -3.21. The summed E-state index contributed by atoms with van der Waals surface area (Å²) in [4.78, 5) is 29.0.